The molecule has 1 rings (SSSR count). The second kappa shape index (κ2) is 3.82. The van der Waals surface area contributed by atoms with Crippen LogP contribution in [0.2, 0.25) is 0 Å². The lowest BCUT2D eigenvalue weighted by atomic mass is 9.92. The number of hydrogen-bond acceptors (Lipinski definition) is 1. The summed E-state index contributed by atoms with van der Waals surface area (Å²) in [4.78, 5) is 0. The molecule has 1 nitrogen and oxygen atoms in total. The molecule has 0 radical (unpaired) electrons. The number of allylic oxidation sites excluding steroid dienone is 1. The average Bonchev–Trinajstić information content (AvgIpc) is 2.07. The predicted molar refractivity (Wildman–Crippen MR) is 56.5 cm³/mol. The largest absolute Gasteiger partial charge is 0.512 e. The Morgan fingerprint density at radius 3 is 2.14 bits per heavy atom. The van der Waals surface area contributed by atoms with Gasteiger partial charge < -0.3 is 5.11 Å². The minimum Gasteiger partial charge on any atom is -0.512 e. The van der Waals surface area contributed by atoms with Gasteiger partial charge in [-0.15, -0.1) is 0 Å². The zero-order valence-electron chi connectivity index (χ0n) is 8.71. The lowest BCUT2D eigenvalue weighted by Crippen LogP contribution is -2.08. The van der Waals surface area contributed by atoms with E-state index < -0.39 is 0 Å². The number of aliphatic hydroxyl groups excluding tert-OH is 1. The van der Waals surface area contributed by atoms with Crippen molar-refractivity contribution in [3.8, 4) is 0 Å². The summed E-state index contributed by atoms with van der Waals surface area (Å²) >= 11 is 0. The number of rotatable bonds is 1. The van der Waals surface area contributed by atoms with E-state index in [1.165, 1.54) is 12.1 Å². The van der Waals surface area contributed by atoms with Crippen LogP contribution in [0.4, 0.5) is 4.39 Å². The molecule has 0 aliphatic carbocycles. The van der Waals surface area contributed by atoms with E-state index in [0.29, 0.717) is 5.76 Å². The summed E-state index contributed by atoms with van der Waals surface area (Å²) in [5.41, 5.74) is 0.535. The van der Waals surface area contributed by atoms with E-state index in [4.69, 9.17) is 0 Å². The Balaban J connectivity index is 2.93. The van der Waals surface area contributed by atoms with Crippen LogP contribution in [0.5, 0.6) is 0 Å². The minimum atomic E-state index is -0.269. The van der Waals surface area contributed by atoms with E-state index in [-0.39, 0.29) is 11.2 Å². The fourth-order valence-electron chi connectivity index (χ4n) is 0.933. The third-order valence-corrected chi connectivity index (χ3v) is 1.94. The Morgan fingerprint density at radius 1 is 1.21 bits per heavy atom. The van der Waals surface area contributed by atoms with Crippen molar-refractivity contribution >= 4 is 6.08 Å². The number of benzene rings is 1. The molecule has 0 atom stereocenters. The molecule has 0 aromatic heterocycles. The average molecular weight is 194 g/mol. The van der Waals surface area contributed by atoms with Crippen LogP contribution in [0.15, 0.2) is 30.0 Å². The molecule has 0 amide bonds. The van der Waals surface area contributed by atoms with E-state index in [9.17, 15) is 9.50 Å². The van der Waals surface area contributed by atoms with Crippen molar-refractivity contribution in [2.45, 2.75) is 20.8 Å². The number of halogens is 1. The molecule has 1 aromatic carbocycles. The Morgan fingerprint density at radius 2 is 1.71 bits per heavy atom. The minimum absolute atomic E-state index is 0.266. The lowest BCUT2D eigenvalue weighted by molar-refractivity contribution is 0.282. The molecule has 0 saturated carbocycles. The molecule has 0 aliphatic heterocycles. The van der Waals surface area contributed by atoms with Gasteiger partial charge in [-0.1, -0.05) is 32.9 Å². The topological polar surface area (TPSA) is 20.2 Å². The van der Waals surface area contributed by atoms with Gasteiger partial charge in [0.1, 0.15) is 5.82 Å². The van der Waals surface area contributed by atoms with Crippen LogP contribution in [-0.4, -0.2) is 5.11 Å². The van der Waals surface area contributed by atoms with Crippen molar-refractivity contribution < 1.29 is 9.50 Å². The maximum absolute atomic E-state index is 12.6. The molecule has 0 fully saturated rings. The van der Waals surface area contributed by atoms with Gasteiger partial charge in [0.25, 0.3) is 0 Å². The third-order valence-electron chi connectivity index (χ3n) is 1.94. The molecule has 2 heteroatoms. The SMILES string of the molecule is CC(C)(C)/C(O)=C/c1ccc(F)cc1. The van der Waals surface area contributed by atoms with Gasteiger partial charge in [0.2, 0.25) is 0 Å². The van der Waals surface area contributed by atoms with Gasteiger partial charge in [-0.3, -0.25) is 0 Å². The maximum Gasteiger partial charge on any atom is 0.123 e. The van der Waals surface area contributed by atoms with Crippen LogP contribution in [0.1, 0.15) is 26.3 Å². The monoisotopic (exact) mass is 194 g/mol. The molecule has 0 saturated heterocycles. The van der Waals surface area contributed by atoms with Crippen LogP contribution >= 0.6 is 0 Å². The molecule has 0 heterocycles. The first kappa shape index (κ1) is 10.8. The second-order valence-electron chi connectivity index (χ2n) is 4.33. The number of hydrogen-bond donors (Lipinski definition) is 1. The highest BCUT2D eigenvalue weighted by atomic mass is 19.1. The van der Waals surface area contributed by atoms with Gasteiger partial charge in [-0.25, -0.2) is 4.39 Å². The van der Waals surface area contributed by atoms with Crippen molar-refractivity contribution in [2.24, 2.45) is 5.41 Å². The van der Waals surface area contributed by atoms with E-state index in [2.05, 4.69) is 0 Å². The predicted octanol–water partition coefficient (Wildman–Crippen LogP) is 3.77. The molecule has 0 bridgehead atoms. The van der Waals surface area contributed by atoms with Crippen molar-refractivity contribution in [1.82, 2.24) is 0 Å². The third kappa shape index (κ3) is 2.87. The van der Waals surface area contributed by atoms with Gasteiger partial charge in [-0.2, -0.15) is 0 Å². The second-order valence-corrected chi connectivity index (χ2v) is 4.33. The highest BCUT2D eigenvalue weighted by Gasteiger charge is 2.15. The fourth-order valence-corrected chi connectivity index (χ4v) is 0.933. The van der Waals surface area contributed by atoms with Gasteiger partial charge in [-0.05, 0) is 23.8 Å². The fraction of sp³-hybridized carbons (Fsp3) is 0.333. The van der Waals surface area contributed by atoms with Crippen LogP contribution in [0.3, 0.4) is 0 Å². The Labute approximate surface area is 83.9 Å². The van der Waals surface area contributed by atoms with Crippen molar-refractivity contribution in [3.05, 3.63) is 41.4 Å². The molecule has 76 valence electrons. The summed E-state index contributed by atoms with van der Waals surface area (Å²) in [5, 5.41) is 9.68. The van der Waals surface area contributed by atoms with Gasteiger partial charge >= 0.3 is 0 Å². The van der Waals surface area contributed by atoms with Crippen molar-refractivity contribution in [2.75, 3.05) is 0 Å². The molecule has 0 aliphatic rings. The van der Waals surface area contributed by atoms with Crippen LogP contribution < -0.4 is 0 Å². The first-order valence-corrected chi connectivity index (χ1v) is 4.56. The highest BCUT2D eigenvalue weighted by Crippen LogP contribution is 2.24. The molecule has 1 N–H and O–H groups in total. The van der Waals surface area contributed by atoms with Crippen molar-refractivity contribution in [3.63, 3.8) is 0 Å². The molecular formula is C12H15FO. The summed E-state index contributed by atoms with van der Waals surface area (Å²) in [6.07, 6.45) is 1.65. The molecule has 14 heavy (non-hydrogen) atoms. The van der Waals surface area contributed by atoms with E-state index in [1.54, 1.807) is 18.2 Å². The highest BCUT2D eigenvalue weighted by molar-refractivity contribution is 5.51. The summed E-state index contributed by atoms with van der Waals surface area (Å²) in [5.74, 6) is 0.0292. The summed E-state index contributed by atoms with van der Waals surface area (Å²) in [7, 11) is 0. The van der Waals surface area contributed by atoms with E-state index >= 15 is 0 Å². The lowest BCUT2D eigenvalue weighted by Gasteiger charge is -2.17. The Bertz CT molecular complexity index is 330. The summed E-state index contributed by atoms with van der Waals surface area (Å²) in [6.45, 7) is 5.76. The first-order valence-electron chi connectivity index (χ1n) is 4.56. The zero-order chi connectivity index (χ0) is 10.8. The first-order chi connectivity index (χ1) is 6.39. The van der Waals surface area contributed by atoms with Crippen LogP contribution in [-0.2, 0) is 0 Å². The zero-order valence-corrected chi connectivity index (χ0v) is 8.71. The molecule has 0 spiro atoms. The van der Waals surface area contributed by atoms with Gasteiger partial charge in [0.05, 0.1) is 5.76 Å². The maximum atomic E-state index is 12.6. The Hall–Kier alpha value is -1.31. The standard InChI is InChI=1S/C12H15FO/c1-12(2,3)11(14)8-9-4-6-10(13)7-5-9/h4-8,14H,1-3H3/b11-8-. The van der Waals surface area contributed by atoms with E-state index in [0.717, 1.165) is 5.56 Å². The summed E-state index contributed by atoms with van der Waals surface area (Å²) < 4.78 is 12.6. The van der Waals surface area contributed by atoms with E-state index in [1.807, 2.05) is 20.8 Å². The quantitative estimate of drug-likeness (QED) is 0.675. The van der Waals surface area contributed by atoms with Gasteiger partial charge in [0, 0.05) is 5.41 Å². The van der Waals surface area contributed by atoms with Gasteiger partial charge in [0.15, 0.2) is 0 Å². The molecule has 0 unspecified atom stereocenters. The molecule has 1 aromatic rings. The normalized spacial score (nSPS) is 13.0. The summed E-state index contributed by atoms with van der Waals surface area (Å²) in [6, 6.07) is 6.03. The van der Waals surface area contributed by atoms with Crippen molar-refractivity contribution in [1.29, 1.82) is 0 Å². The molecular weight excluding hydrogens is 179 g/mol. The van der Waals surface area contributed by atoms with Crippen LogP contribution in [0, 0.1) is 11.2 Å². The van der Waals surface area contributed by atoms with Crippen LogP contribution in [0.25, 0.3) is 6.08 Å². The number of aliphatic hydroxyl groups is 1. The smallest absolute Gasteiger partial charge is 0.123 e. The Kier molecular flexibility index (Phi) is 2.94.